The molecule has 4 nitrogen and oxygen atoms in total. The fourth-order valence-electron chi connectivity index (χ4n) is 2.93. The van der Waals surface area contributed by atoms with Crippen molar-refractivity contribution in [2.24, 2.45) is 0 Å². The van der Waals surface area contributed by atoms with Crippen LogP contribution < -0.4 is 0 Å². The summed E-state index contributed by atoms with van der Waals surface area (Å²) in [5.74, 6) is -0.556. The predicted molar refractivity (Wildman–Crippen MR) is 100 cm³/mol. The van der Waals surface area contributed by atoms with Gasteiger partial charge in [0.1, 0.15) is 0 Å². The SMILES string of the molecule is C=CCN(C(=O)c1ccc(C)cc1)S(=O)(=O)c1c(C)cc(C)cc1C. The molecule has 2 rings (SSSR count). The Hall–Kier alpha value is -2.40. The second-order valence-electron chi connectivity index (χ2n) is 6.22. The fourth-order valence-corrected chi connectivity index (χ4v) is 4.71. The minimum Gasteiger partial charge on any atom is -0.268 e. The Labute approximate surface area is 149 Å². The van der Waals surface area contributed by atoms with Crippen LogP contribution in [0.1, 0.15) is 32.6 Å². The monoisotopic (exact) mass is 357 g/mol. The lowest BCUT2D eigenvalue weighted by Gasteiger charge is -2.23. The van der Waals surface area contributed by atoms with Crippen molar-refractivity contribution in [3.05, 3.63) is 76.9 Å². The van der Waals surface area contributed by atoms with Crippen LogP contribution in [0.5, 0.6) is 0 Å². The van der Waals surface area contributed by atoms with Crippen LogP contribution in [0.3, 0.4) is 0 Å². The maximum Gasteiger partial charge on any atom is 0.267 e. The van der Waals surface area contributed by atoms with Crippen LogP contribution in [0.4, 0.5) is 0 Å². The van der Waals surface area contributed by atoms with Crippen molar-refractivity contribution in [2.45, 2.75) is 32.6 Å². The normalized spacial score (nSPS) is 11.2. The number of amides is 1. The number of carbonyl (C=O) groups is 1. The lowest BCUT2D eigenvalue weighted by molar-refractivity contribution is 0.0871. The summed E-state index contributed by atoms with van der Waals surface area (Å²) in [7, 11) is -3.99. The Morgan fingerprint density at radius 1 is 1.00 bits per heavy atom. The van der Waals surface area contributed by atoms with Crippen molar-refractivity contribution in [3.8, 4) is 0 Å². The highest BCUT2D eigenvalue weighted by Crippen LogP contribution is 2.26. The first-order valence-electron chi connectivity index (χ1n) is 8.01. The number of rotatable bonds is 5. The van der Waals surface area contributed by atoms with Gasteiger partial charge in [-0.2, -0.15) is 0 Å². The molecule has 0 unspecified atom stereocenters. The highest BCUT2D eigenvalue weighted by atomic mass is 32.2. The number of hydrogen-bond donors (Lipinski definition) is 0. The summed E-state index contributed by atoms with van der Waals surface area (Å²) in [6.07, 6.45) is 1.42. The molecule has 2 aromatic rings. The molecule has 0 saturated carbocycles. The molecule has 0 atom stereocenters. The predicted octanol–water partition coefficient (Wildman–Crippen LogP) is 3.94. The maximum atomic E-state index is 13.2. The van der Waals surface area contributed by atoms with Gasteiger partial charge in [-0.25, -0.2) is 12.7 Å². The molecule has 0 aromatic heterocycles. The zero-order valence-electron chi connectivity index (χ0n) is 15.0. The molecule has 0 heterocycles. The van der Waals surface area contributed by atoms with E-state index in [-0.39, 0.29) is 11.4 Å². The smallest absolute Gasteiger partial charge is 0.267 e. The van der Waals surface area contributed by atoms with Gasteiger partial charge in [0.2, 0.25) is 0 Å². The summed E-state index contributed by atoms with van der Waals surface area (Å²) in [6.45, 7) is 10.8. The van der Waals surface area contributed by atoms with E-state index in [4.69, 9.17) is 0 Å². The average molecular weight is 357 g/mol. The van der Waals surface area contributed by atoms with Gasteiger partial charge in [-0.3, -0.25) is 4.79 Å². The molecular formula is C20H23NO3S. The van der Waals surface area contributed by atoms with Crippen molar-refractivity contribution < 1.29 is 13.2 Å². The summed E-state index contributed by atoms with van der Waals surface area (Å²) in [6, 6.07) is 10.5. The molecule has 0 N–H and O–H groups in total. The maximum absolute atomic E-state index is 13.2. The van der Waals surface area contributed by atoms with Gasteiger partial charge in [0.25, 0.3) is 15.9 Å². The van der Waals surface area contributed by atoms with Crippen molar-refractivity contribution in [1.29, 1.82) is 0 Å². The van der Waals surface area contributed by atoms with Gasteiger partial charge < -0.3 is 0 Å². The summed E-state index contributed by atoms with van der Waals surface area (Å²) < 4.78 is 27.3. The van der Waals surface area contributed by atoms with Crippen molar-refractivity contribution in [3.63, 3.8) is 0 Å². The first-order chi connectivity index (χ1) is 11.7. The first kappa shape index (κ1) is 18.9. The quantitative estimate of drug-likeness (QED) is 0.762. The summed E-state index contributed by atoms with van der Waals surface area (Å²) in [5.41, 5.74) is 3.57. The van der Waals surface area contributed by atoms with E-state index in [1.165, 1.54) is 6.08 Å². The van der Waals surface area contributed by atoms with E-state index in [2.05, 4.69) is 6.58 Å². The minimum absolute atomic E-state index is 0.0815. The van der Waals surface area contributed by atoms with E-state index >= 15 is 0 Å². The molecule has 2 aromatic carbocycles. The summed E-state index contributed by atoms with van der Waals surface area (Å²) in [4.78, 5) is 13.0. The molecule has 0 aliphatic heterocycles. The molecule has 0 spiro atoms. The van der Waals surface area contributed by atoms with Gasteiger partial charge in [-0.05, 0) is 51.0 Å². The van der Waals surface area contributed by atoms with E-state index in [1.54, 1.807) is 38.1 Å². The molecule has 0 bridgehead atoms. The average Bonchev–Trinajstić information content (AvgIpc) is 2.51. The molecule has 1 amide bonds. The van der Waals surface area contributed by atoms with Gasteiger partial charge in [0, 0.05) is 5.56 Å². The van der Waals surface area contributed by atoms with E-state index in [0.717, 1.165) is 15.4 Å². The third-order valence-electron chi connectivity index (χ3n) is 3.97. The molecule has 5 heteroatoms. The molecular weight excluding hydrogens is 334 g/mol. The van der Waals surface area contributed by atoms with Gasteiger partial charge >= 0.3 is 0 Å². The van der Waals surface area contributed by atoms with Gasteiger partial charge in [-0.15, -0.1) is 6.58 Å². The topological polar surface area (TPSA) is 54.5 Å². The van der Waals surface area contributed by atoms with Crippen LogP contribution in [0.2, 0.25) is 0 Å². The van der Waals surface area contributed by atoms with E-state index in [1.807, 2.05) is 26.0 Å². The number of aryl methyl sites for hydroxylation is 4. The Morgan fingerprint density at radius 3 is 2.00 bits per heavy atom. The Balaban J connectivity index is 2.57. The van der Waals surface area contributed by atoms with Crippen LogP contribution >= 0.6 is 0 Å². The Bertz CT molecular complexity index is 889. The standard InChI is InChI=1S/C20H23NO3S/c1-6-11-21(20(22)18-9-7-14(2)8-10-18)25(23,24)19-16(4)12-15(3)13-17(19)5/h6-10,12-13H,1,11H2,2-5H3. The van der Waals surface area contributed by atoms with Crippen LogP contribution in [0.25, 0.3) is 0 Å². The van der Waals surface area contributed by atoms with Crippen LogP contribution in [0.15, 0.2) is 53.9 Å². The molecule has 0 radical (unpaired) electrons. The van der Waals surface area contributed by atoms with Crippen LogP contribution in [-0.2, 0) is 10.0 Å². The van der Waals surface area contributed by atoms with E-state index in [9.17, 15) is 13.2 Å². The second-order valence-corrected chi connectivity index (χ2v) is 8.02. The largest absolute Gasteiger partial charge is 0.268 e. The third kappa shape index (κ3) is 3.82. The van der Waals surface area contributed by atoms with Crippen molar-refractivity contribution in [2.75, 3.05) is 6.54 Å². The first-order valence-corrected chi connectivity index (χ1v) is 9.45. The zero-order valence-corrected chi connectivity index (χ0v) is 15.9. The fraction of sp³-hybridized carbons (Fsp3) is 0.250. The van der Waals surface area contributed by atoms with Gasteiger partial charge in [-0.1, -0.05) is 41.5 Å². The Morgan fingerprint density at radius 2 is 1.52 bits per heavy atom. The number of carbonyl (C=O) groups excluding carboxylic acids is 1. The molecule has 25 heavy (non-hydrogen) atoms. The number of hydrogen-bond acceptors (Lipinski definition) is 3. The van der Waals surface area contributed by atoms with Gasteiger partial charge in [0.05, 0.1) is 11.4 Å². The molecule has 0 aliphatic rings. The molecule has 0 aliphatic carbocycles. The van der Waals surface area contributed by atoms with E-state index in [0.29, 0.717) is 16.7 Å². The van der Waals surface area contributed by atoms with Crippen LogP contribution in [0, 0.1) is 27.7 Å². The Kier molecular flexibility index (Phi) is 5.48. The number of benzene rings is 2. The minimum atomic E-state index is -3.99. The second kappa shape index (κ2) is 7.23. The zero-order chi connectivity index (χ0) is 18.8. The van der Waals surface area contributed by atoms with Gasteiger partial charge in [0.15, 0.2) is 0 Å². The highest BCUT2D eigenvalue weighted by molar-refractivity contribution is 7.89. The van der Waals surface area contributed by atoms with Crippen LogP contribution in [-0.4, -0.2) is 25.2 Å². The summed E-state index contributed by atoms with van der Waals surface area (Å²) in [5, 5.41) is 0. The number of nitrogens with zero attached hydrogens (tertiary/aromatic N) is 1. The van der Waals surface area contributed by atoms with Crippen molar-refractivity contribution in [1.82, 2.24) is 4.31 Å². The highest BCUT2D eigenvalue weighted by Gasteiger charge is 2.31. The lowest BCUT2D eigenvalue weighted by Crippen LogP contribution is -2.37. The lowest BCUT2D eigenvalue weighted by atomic mass is 10.1. The van der Waals surface area contributed by atoms with E-state index < -0.39 is 15.9 Å². The third-order valence-corrected chi connectivity index (χ3v) is 6.03. The van der Waals surface area contributed by atoms with Crippen molar-refractivity contribution >= 4 is 15.9 Å². The molecule has 132 valence electrons. The summed E-state index contributed by atoms with van der Waals surface area (Å²) >= 11 is 0. The molecule has 0 saturated heterocycles. The number of sulfonamides is 1. The molecule has 0 fully saturated rings.